The lowest BCUT2D eigenvalue weighted by Crippen LogP contribution is -2.17. The van der Waals surface area contributed by atoms with Gasteiger partial charge in [0.2, 0.25) is 0 Å². The summed E-state index contributed by atoms with van der Waals surface area (Å²) in [5.74, 6) is 1.08. The largest absolute Gasteiger partial charge is 0.490 e. The smallest absolute Gasteiger partial charge is 0.271 e. The van der Waals surface area contributed by atoms with Crippen LogP contribution >= 0.6 is 0 Å². The summed E-state index contributed by atoms with van der Waals surface area (Å²) in [7, 11) is 0. The Morgan fingerprint density at radius 1 is 1.12 bits per heavy atom. The fourth-order valence-electron chi connectivity index (χ4n) is 2.18. The third-order valence-corrected chi connectivity index (χ3v) is 3.58. The van der Waals surface area contributed by atoms with Crippen molar-refractivity contribution < 1.29 is 14.3 Å². The van der Waals surface area contributed by atoms with Crippen molar-refractivity contribution in [2.75, 3.05) is 18.9 Å². The average Bonchev–Trinajstić information content (AvgIpc) is 2.64. The van der Waals surface area contributed by atoms with Gasteiger partial charge in [-0.05, 0) is 61.4 Å². The highest BCUT2D eigenvalue weighted by molar-refractivity contribution is 5.95. The predicted molar refractivity (Wildman–Crippen MR) is 104 cm³/mol. The second kappa shape index (κ2) is 10.1. The molecule has 0 aliphatic rings. The summed E-state index contributed by atoms with van der Waals surface area (Å²) in [5.41, 5.74) is 10.00. The topological polar surface area (TPSA) is 85.9 Å². The highest BCUT2D eigenvalue weighted by Gasteiger charge is 2.06. The van der Waals surface area contributed by atoms with Gasteiger partial charge in [0.1, 0.15) is 0 Å². The number of nitrogens with zero attached hydrogens (tertiary/aromatic N) is 1. The van der Waals surface area contributed by atoms with Gasteiger partial charge in [-0.15, -0.1) is 0 Å². The zero-order valence-electron chi connectivity index (χ0n) is 15.2. The fraction of sp³-hybridized carbons (Fsp3) is 0.300. The maximum atomic E-state index is 12.0. The summed E-state index contributed by atoms with van der Waals surface area (Å²) < 4.78 is 11.4. The molecule has 0 bridgehead atoms. The van der Waals surface area contributed by atoms with Crippen molar-refractivity contribution in [3.63, 3.8) is 0 Å². The Balaban J connectivity index is 2.01. The number of nitrogens with two attached hydrogens (primary N) is 1. The van der Waals surface area contributed by atoms with Crippen LogP contribution in [0.5, 0.6) is 11.5 Å². The van der Waals surface area contributed by atoms with Gasteiger partial charge in [-0.25, -0.2) is 5.43 Å². The molecule has 0 saturated carbocycles. The molecule has 2 rings (SSSR count). The van der Waals surface area contributed by atoms with Crippen LogP contribution in [-0.4, -0.2) is 25.3 Å². The number of benzene rings is 2. The first kappa shape index (κ1) is 19.3. The number of hydrogen-bond donors (Lipinski definition) is 2. The molecule has 2 aromatic carbocycles. The number of anilines is 1. The van der Waals surface area contributed by atoms with E-state index in [4.69, 9.17) is 15.2 Å². The Labute approximate surface area is 154 Å². The third-order valence-electron chi connectivity index (χ3n) is 3.58. The molecular weight excluding hydrogens is 330 g/mol. The summed E-state index contributed by atoms with van der Waals surface area (Å²) in [4.78, 5) is 12.0. The highest BCUT2D eigenvalue weighted by atomic mass is 16.5. The van der Waals surface area contributed by atoms with E-state index in [-0.39, 0.29) is 5.91 Å². The van der Waals surface area contributed by atoms with Crippen LogP contribution in [-0.2, 0) is 0 Å². The van der Waals surface area contributed by atoms with Gasteiger partial charge in [0.25, 0.3) is 5.91 Å². The van der Waals surface area contributed by atoms with Gasteiger partial charge in [0.15, 0.2) is 11.5 Å². The first-order valence-electron chi connectivity index (χ1n) is 8.72. The fourth-order valence-corrected chi connectivity index (χ4v) is 2.18. The standard InChI is InChI=1S/C20H25N3O3/c1-3-5-12-26-18-11-6-15(13-19(18)25-4-2)14-22-23-20(24)16-7-9-17(21)10-8-16/h6-11,13-14H,3-5,12,21H2,1-2H3,(H,23,24)/b22-14-. The Morgan fingerprint density at radius 2 is 1.88 bits per heavy atom. The second-order valence-electron chi connectivity index (χ2n) is 5.66. The van der Waals surface area contributed by atoms with E-state index in [1.54, 1.807) is 30.5 Å². The highest BCUT2D eigenvalue weighted by Crippen LogP contribution is 2.28. The SMILES string of the molecule is CCCCOc1ccc(/C=N\NC(=O)c2ccc(N)cc2)cc1OCC. The second-order valence-corrected chi connectivity index (χ2v) is 5.66. The summed E-state index contributed by atoms with van der Waals surface area (Å²) >= 11 is 0. The number of hydrogen-bond acceptors (Lipinski definition) is 5. The lowest BCUT2D eigenvalue weighted by molar-refractivity contribution is 0.0955. The van der Waals surface area contributed by atoms with Gasteiger partial charge in [-0.2, -0.15) is 5.10 Å². The molecule has 0 aromatic heterocycles. The van der Waals surface area contributed by atoms with E-state index >= 15 is 0 Å². The summed E-state index contributed by atoms with van der Waals surface area (Å²) in [5, 5.41) is 3.99. The van der Waals surface area contributed by atoms with Crippen molar-refractivity contribution in [2.24, 2.45) is 5.10 Å². The Morgan fingerprint density at radius 3 is 2.58 bits per heavy atom. The lowest BCUT2D eigenvalue weighted by Gasteiger charge is -2.12. The van der Waals surface area contributed by atoms with Gasteiger partial charge >= 0.3 is 0 Å². The average molecular weight is 355 g/mol. The first-order chi connectivity index (χ1) is 12.6. The molecule has 1 amide bonds. The van der Waals surface area contributed by atoms with Crippen molar-refractivity contribution in [1.29, 1.82) is 0 Å². The maximum Gasteiger partial charge on any atom is 0.271 e. The number of nitrogen functional groups attached to an aromatic ring is 1. The molecule has 0 heterocycles. The molecular formula is C20H25N3O3. The van der Waals surface area contributed by atoms with Crippen molar-refractivity contribution in [3.8, 4) is 11.5 Å². The lowest BCUT2D eigenvalue weighted by atomic mass is 10.2. The molecule has 3 N–H and O–H groups in total. The van der Waals surface area contributed by atoms with Crippen molar-refractivity contribution in [3.05, 3.63) is 53.6 Å². The molecule has 26 heavy (non-hydrogen) atoms. The Hall–Kier alpha value is -3.02. The monoisotopic (exact) mass is 355 g/mol. The van der Waals surface area contributed by atoms with E-state index in [0.29, 0.717) is 36.0 Å². The van der Waals surface area contributed by atoms with Crippen LogP contribution < -0.4 is 20.6 Å². The number of hydrazone groups is 1. The molecule has 0 atom stereocenters. The molecule has 0 aliphatic heterocycles. The molecule has 0 fully saturated rings. The van der Waals surface area contributed by atoms with Crippen LogP contribution in [0.25, 0.3) is 0 Å². The van der Waals surface area contributed by atoms with E-state index in [1.165, 1.54) is 0 Å². The number of rotatable bonds is 9. The number of unbranched alkanes of at least 4 members (excludes halogenated alkanes) is 1. The van der Waals surface area contributed by atoms with Crippen LogP contribution in [0, 0.1) is 0 Å². The summed E-state index contributed by atoms with van der Waals surface area (Å²) in [6.45, 7) is 5.23. The number of amides is 1. The maximum absolute atomic E-state index is 12.0. The minimum atomic E-state index is -0.300. The Bertz CT molecular complexity index is 742. The summed E-state index contributed by atoms with van der Waals surface area (Å²) in [6.07, 6.45) is 3.63. The van der Waals surface area contributed by atoms with Gasteiger partial charge in [0.05, 0.1) is 19.4 Å². The van der Waals surface area contributed by atoms with Crippen molar-refractivity contribution in [1.82, 2.24) is 5.43 Å². The van der Waals surface area contributed by atoms with E-state index in [2.05, 4.69) is 17.5 Å². The van der Waals surface area contributed by atoms with E-state index < -0.39 is 0 Å². The molecule has 0 spiro atoms. The van der Waals surface area contributed by atoms with Gasteiger partial charge in [-0.3, -0.25) is 4.79 Å². The molecule has 0 unspecified atom stereocenters. The van der Waals surface area contributed by atoms with E-state index in [0.717, 1.165) is 18.4 Å². The van der Waals surface area contributed by atoms with Crippen molar-refractivity contribution >= 4 is 17.8 Å². The molecule has 0 aliphatic carbocycles. The minimum Gasteiger partial charge on any atom is -0.490 e. The van der Waals surface area contributed by atoms with Crippen LogP contribution in [0.1, 0.15) is 42.6 Å². The zero-order chi connectivity index (χ0) is 18.8. The zero-order valence-corrected chi connectivity index (χ0v) is 15.2. The van der Waals surface area contributed by atoms with Gasteiger partial charge in [0, 0.05) is 11.3 Å². The Kier molecular flexibility index (Phi) is 7.49. The molecule has 0 saturated heterocycles. The number of ether oxygens (including phenoxy) is 2. The molecule has 138 valence electrons. The minimum absolute atomic E-state index is 0.300. The third kappa shape index (κ3) is 5.81. The normalized spacial score (nSPS) is 10.7. The molecule has 2 aromatic rings. The van der Waals surface area contributed by atoms with Gasteiger partial charge in [-0.1, -0.05) is 13.3 Å². The van der Waals surface area contributed by atoms with E-state index in [1.807, 2.05) is 25.1 Å². The number of carbonyl (C=O) groups is 1. The summed E-state index contributed by atoms with van der Waals surface area (Å²) in [6, 6.07) is 12.2. The van der Waals surface area contributed by atoms with Gasteiger partial charge < -0.3 is 15.2 Å². The quantitative estimate of drug-likeness (QED) is 0.311. The van der Waals surface area contributed by atoms with Crippen molar-refractivity contribution in [2.45, 2.75) is 26.7 Å². The number of nitrogens with one attached hydrogen (secondary N) is 1. The predicted octanol–water partition coefficient (Wildman–Crippen LogP) is 3.61. The first-order valence-corrected chi connectivity index (χ1v) is 8.72. The van der Waals surface area contributed by atoms with Crippen LogP contribution in [0.4, 0.5) is 5.69 Å². The molecule has 6 heteroatoms. The van der Waals surface area contributed by atoms with Crippen LogP contribution in [0.2, 0.25) is 0 Å². The van der Waals surface area contributed by atoms with Crippen LogP contribution in [0.3, 0.4) is 0 Å². The van der Waals surface area contributed by atoms with Crippen LogP contribution in [0.15, 0.2) is 47.6 Å². The molecule has 6 nitrogen and oxygen atoms in total. The molecule has 0 radical (unpaired) electrons. The van der Waals surface area contributed by atoms with E-state index in [9.17, 15) is 4.79 Å². The number of carbonyl (C=O) groups excluding carboxylic acids is 1.